The molecule has 0 saturated heterocycles. The molecule has 7 heteroatoms. The Morgan fingerprint density at radius 2 is 1.88 bits per heavy atom. The molecule has 0 aliphatic carbocycles. The second kappa shape index (κ2) is 5.67. The van der Waals surface area contributed by atoms with E-state index >= 15 is 0 Å². The normalized spacial score (nSPS) is 12.1. The van der Waals surface area contributed by atoms with Crippen molar-refractivity contribution in [3.8, 4) is 0 Å². The Kier molecular flexibility index (Phi) is 4.74. The number of halogens is 3. The van der Waals surface area contributed by atoms with Gasteiger partial charge in [-0.15, -0.1) is 0 Å². The topological polar surface area (TPSA) is 56.3 Å². The minimum absolute atomic E-state index is 0.00774. The molecule has 1 heterocycles. The highest BCUT2D eigenvalue weighted by Crippen LogP contribution is 2.26. The number of rotatable bonds is 3. The van der Waals surface area contributed by atoms with Crippen LogP contribution in [0.3, 0.4) is 0 Å². The maximum atomic E-state index is 11.9. The minimum Gasteiger partial charge on any atom is -0.454 e. The van der Waals surface area contributed by atoms with Crippen LogP contribution in [0.1, 0.15) is 24.2 Å². The van der Waals surface area contributed by atoms with Gasteiger partial charge in [-0.2, -0.15) is 0 Å². The average Bonchev–Trinajstić information content (AvgIpc) is 2.21. The minimum atomic E-state index is -0.955. The molecule has 0 aliphatic rings. The molecule has 17 heavy (non-hydrogen) atoms. The van der Waals surface area contributed by atoms with E-state index < -0.39 is 17.9 Å². The molecule has 4 nitrogen and oxygen atoms in total. The van der Waals surface area contributed by atoms with Gasteiger partial charge in [0.25, 0.3) is 0 Å². The number of hydrogen-bond donors (Lipinski definition) is 0. The van der Waals surface area contributed by atoms with Gasteiger partial charge in [0, 0.05) is 6.92 Å². The lowest BCUT2D eigenvalue weighted by atomic mass is 10.1. The molecule has 0 fully saturated rings. The first-order valence-electron chi connectivity index (χ1n) is 4.56. The van der Waals surface area contributed by atoms with Gasteiger partial charge in [0.1, 0.15) is 10.3 Å². The van der Waals surface area contributed by atoms with E-state index in [4.69, 9.17) is 39.5 Å². The summed E-state index contributed by atoms with van der Waals surface area (Å²) >= 11 is 17.1. The molecule has 0 aliphatic heterocycles. The van der Waals surface area contributed by atoms with E-state index in [-0.39, 0.29) is 20.9 Å². The van der Waals surface area contributed by atoms with E-state index in [1.54, 1.807) is 0 Å². The van der Waals surface area contributed by atoms with E-state index in [1.165, 1.54) is 19.9 Å². The largest absolute Gasteiger partial charge is 0.454 e. The van der Waals surface area contributed by atoms with Crippen molar-refractivity contribution < 1.29 is 14.3 Å². The zero-order chi connectivity index (χ0) is 13.2. The standard InChI is InChI=1S/C10H8Cl3NO3/c1-4(17-5(2)15)8(16)6-3-7(11)10(13)14-9(6)12/h3-4H,1-2H3. The summed E-state index contributed by atoms with van der Waals surface area (Å²) in [5, 5.41) is 0.0335. The van der Waals surface area contributed by atoms with Crippen molar-refractivity contribution in [3.63, 3.8) is 0 Å². The van der Waals surface area contributed by atoms with E-state index in [9.17, 15) is 9.59 Å². The number of esters is 1. The van der Waals surface area contributed by atoms with Crippen molar-refractivity contribution in [3.05, 3.63) is 27.0 Å². The van der Waals surface area contributed by atoms with Crippen LogP contribution in [0.25, 0.3) is 0 Å². The third-order valence-corrected chi connectivity index (χ3v) is 2.83. The first-order valence-corrected chi connectivity index (χ1v) is 5.69. The number of hydrogen-bond acceptors (Lipinski definition) is 4. The van der Waals surface area contributed by atoms with Gasteiger partial charge in [0.05, 0.1) is 10.6 Å². The summed E-state index contributed by atoms with van der Waals surface area (Å²) in [4.78, 5) is 26.3. The molecule has 0 saturated carbocycles. The third kappa shape index (κ3) is 3.56. The molecule has 0 bridgehead atoms. The van der Waals surface area contributed by atoms with Crippen molar-refractivity contribution in [1.82, 2.24) is 4.98 Å². The zero-order valence-corrected chi connectivity index (χ0v) is 11.2. The van der Waals surface area contributed by atoms with Crippen LogP contribution in [0.15, 0.2) is 6.07 Å². The van der Waals surface area contributed by atoms with Crippen LogP contribution in [0.5, 0.6) is 0 Å². The highest BCUT2D eigenvalue weighted by atomic mass is 35.5. The van der Waals surface area contributed by atoms with E-state index in [2.05, 4.69) is 4.98 Å². The van der Waals surface area contributed by atoms with Gasteiger partial charge in [-0.1, -0.05) is 34.8 Å². The number of Topliss-reactive ketones (excluding diaryl/α,β-unsaturated/α-hetero) is 1. The van der Waals surface area contributed by atoms with Gasteiger partial charge in [-0.25, -0.2) is 4.98 Å². The Balaban J connectivity index is 3.04. The molecule has 0 spiro atoms. The number of carbonyl (C=O) groups excluding carboxylic acids is 2. The van der Waals surface area contributed by atoms with Crippen molar-refractivity contribution in [2.24, 2.45) is 0 Å². The zero-order valence-electron chi connectivity index (χ0n) is 8.96. The quantitative estimate of drug-likeness (QED) is 0.488. The lowest BCUT2D eigenvalue weighted by Gasteiger charge is -2.11. The van der Waals surface area contributed by atoms with Gasteiger partial charge in [0.2, 0.25) is 5.78 Å². The molecular formula is C10H8Cl3NO3. The molecule has 0 amide bonds. The van der Waals surface area contributed by atoms with Crippen LogP contribution in [-0.4, -0.2) is 22.8 Å². The van der Waals surface area contributed by atoms with Gasteiger partial charge in [-0.05, 0) is 13.0 Å². The maximum Gasteiger partial charge on any atom is 0.303 e. The Morgan fingerprint density at radius 1 is 1.29 bits per heavy atom. The van der Waals surface area contributed by atoms with Crippen LogP contribution in [-0.2, 0) is 9.53 Å². The molecule has 1 aromatic heterocycles. The van der Waals surface area contributed by atoms with Crippen molar-refractivity contribution in [1.29, 1.82) is 0 Å². The molecule has 0 radical (unpaired) electrons. The van der Waals surface area contributed by atoms with Gasteiger partial charge >= 0.3 is 5.97 Å². The molecule has 92 valence electrons. The molecule has 1 unspecified atom stereocenters. The number of pyridine rings is 1. The lowest BCUT2D eigenvalue weighted by Crippen LogP contribution is -2.23. The Hall–Kier alpha value is -0.840. The molecule has 1 atom stereocenters. The maximum absolute atomic E-state index is 11.9. The summed E-state index contributed by atoms with van der Waals surface area (Å²) in [6, 6.07) is 1.29. The van der Waals surface area contributed by atoms with Gasteiger partial charge < -0.3 is 4.74 Å². The third-order valence-electron chi connectivity index (χ3n) is 1.86. The summed E-state index contributed by atoms with van der Waals surface area (Å²) in [5.74, 6) is -1.05. The van der Waals surface area contributed by atoms with Crippen molar-refractivity contribution in [2.75, 3.05) is 0 Å². The fraction of sp³-hybridized carbons (Fsp3) is 0.300. The Morgan fingerprint density at radius 3 is 2.41 bits per heavy atom. The van der Waals surface area contributed by atoms with Gasteiger partial charge in [-0.3, -0.25) is 9.59 Å². The highest BCUT2D eigenvalue weighted by molar-refractivity contribution is 6.42. The summed E-state index contributed by atoms with van der Waals surface area (Å²) < 4.78 is 4.74. The van der Waals surface area contributed by atoms with Crippen LogP contribution in [0.2, 0.25) is 15.3 Å². The van der Waals surface area contributed by atoms with Crippen LogP contribution in [0.4, 0.5) is 0 Å². The predicted molar refractivity (Wildman–Crippen MR) is 64.8 cm³/mol. The van der Waals surface area contributed by atoms with E-state index in [0.29, 0.717) is 0 Å². The van der Waals surface area contributed by atoms with Crippen LogP contribution >= 0.6 is 34.8 Å². The first-order chi connectivity index (χ1) is 7.82. The molecule has 0 aromatic carbocycles. The summed E-state index contributed by atoms with van der Waals surface area (Å²) in [7, 11) is 0. The van der Waals surface area contributed by atoms with Crippen LogP contribution < -0.4 is 0 Å². The number of nitrogens with zero attached hydrogens (tertiary/aromatic N) is 1. The summed E-state index contributed by atoms with van der Waals surface area (Å²) in [6.45, 7) is 2.64. The van der Waals surface area contributed by atoms with E-state index in [1.807, 2.05) is 0 Å². The fourth-order valence-corrected chi connectivity index (χ4v) is 1.71. The number of carbonyl (C=O) groups is 2. The van der Waals surface area contributed by atoms with Crippen molar-refractivity contribution in [2.45, 2.75) is 20.0 Å². The van der Waals surface area contributed by atoms with Crippen molar-refractivity contribution >= 4 is 46.6 Å². The number of ether oxygens (including phenoxy) is 1. The Bertz CT molecular complexity index is 476. The second-order valence-corrected chi connectivity index (χ2v) is 4.34. The molecule has 1 aromatic rings. The second-order valence-electron chi connectivity index (χ2n) is 3.22. The highest BCUT2D eigenvalue weighted by Gasteiger charge is 2.22. The number of ketones is 1. The SMILES string of the molecule is CC(=O)OC(C)C(=O)c1cc(Cl)c(Cl)nc1Cl. The molecule has 0 N–H and O–H groups in total. The lowest BCUT2D eigenvalue weighted by molar-refractivity contribution is -0.143. The monoisotopic (exact) mass is 295 g/mol. The molecular weight excluding hydrogens is 288 g/mol. The smallest absolute Gasteiger partial charge is 0.303 e. The number of aromatic nitrogens is 1. The Labute approximate surface area is 113 Å². The molecule has 1 rings (SSSR count). The fourth-order valence-electron chi connectivity index (χ4n) is 1.14. The average molecular weight is 297 g/mol. The summed E-state index contributed by atoms with van der Waals surface area (Å²) in [6.07, 6.45) is -0.955. The van der Waals surface area contributed by atoms with Crippen LogP contribution in [0, 0.1) is 0 Å². The first kappa shape index (κ1) is 14.2. The predicted octanol–water partition coefficient (Wildman–Crippen LogP) is 3.18. The van der Waals surface area contributed by atoms with E-state index in [0.717, 1.165) is 0 Å². The van der Waals surface area contributed by atoms with Gasteiger partial charge in [0.15, 0.2) is 6.10 Å². The summed E-state index contributed by atoms with van der Waals surface area (Å²) in [5.41, 5.74) is 0.0646.